The van der Waals surface area contributed by atoms with Crippen molar-refractivity contribution in [3.8, 4) is 11.4 Å². The number of rotatable bonds is 4. The number of likely N-dealkylation sites (tertiary alicyclic amines) is 1. The molecule has 1 atom stereocenters. The van der Waals surface area contributed by atoms with E-state index in [0.29, 0.717) is 11.4 Å². The van der Waals surface area contributed by atoms with E-state index in [0.717, 1.165) is 37.3 Å². The number of hydrogen-bond acceptors (Lipinski definition) is 5. The molecular weight excluding hydrogens is 314 g/mol. The summed E-state index contributed by atoms with van der Waals surface area (Å²) in [7, 11) is 0. The molecule has 0 amide bonds. The predicted molar refractivity (Wildman–Crippen MR) is 94.7 cm³/mol. The van der Waals surface area contributed by atoms with Crippen LogP contribution in [0.1, 0.15) is 30.3 Å². The van der Waals surface area contributed by atoms with E-state index in [1.807, 2.05) is 30.5 Å². The Kier molecular flexibility index (Phi) is 4.35. The zero-order valence-electron chi connectivity index (χ0n) is 13.8. The molecule has 0 spiro atoms. The molecule has 0 bridgehead atoms. The molecule has 0 aliphatic carbocycles. The molecule has 1 aliphatic heterocycles. The quantitative estimate of drug-likeness (QED) is 0.794. The van der Waals surface area contributed by atoms with Gasteiger partial charge in [-0.05, 0) is 43.1 Å². The molecule has 0 saturated carbocycles. The summed E-state index contributed by atoms with van der Waals surface area (Å²) >= 11 is 0. The minimum absolute atomic E-state index is 0.108. The predicted octanol–water partition coefficient (Wildman–Crippen LogP) is 2.56. The summed E-state index contributed by atoms with van der Waals surface area (Å²) in [4.78, 5) is 30.6. The Morgan fingerprint density at radius 3 is 2.92 bits per heavy atom. The minimum atomic E-state index is -0.140. The van der Waals surface area contributed by atoms with Crippen LogP contribution in [-0.2, 0) is 6.54 Å². The molecule has 1 aliphatic rings. The number of aromatic amines is 1. The average molecular weight is 333 g/mol. The van der Waals surface area contributed by atoms with Crippen molar-refractivity contribution in [3.63, 3.8) is 0 Å². The van der Waals surface area contributed by atoms with Crippen LogP contribution in [0.15, 0.2) is 59.8 Å². The van der Waals surface area contributed by atoms with Gasteiger partial charge in [-0.25, -0.2) is 4.98 Å². The molecule has 0 radical (unpaired) electrons. The molecule has 6 nitrogen and oxygen atoms in total. The molecular formula is C19H19N5O. The first-order chi connectivity index (χ1) is 12.3. The summed E-state index contributed by atoms with van der Waals surface area (Å²) in [5.41, 5.74) is 2.36. The minimum Gasteiger partial charge on any atom is -0.309 e. The van der Waals surface area contributed by atoms with E-state index in [1.54, 1.807) is 12.4 Å². The van der Waals surface area contributed by atoms with Gasteiger partial charge in [-0.1, -0.05) is 12.1 Å². The molecule has 4 rings (SSSR count). The van der Waals surface area contributed by atoms with Crippen LogP contribution in [0.4, 0.5) is 0 Å². The van der Waals surface area contributed by atoms with Crippen LogP contribution in [0, 0.1) is 0 Å². The van der Waals surface area contributed by atoms with Crippen LogP contribution in [0.5, 0.6) is 0 Å². The van der Waals surface area contributed by atoms with Gasteiger partial charge in [-0.2, -0.15) is 0 Å². The van der Waals surface area contributed by atoms with E-state index in [1.165, 1.54) is 6.07 Å². The van der Waals surface area contributed by atoms with Crippen molar-refractivity contribution >= 4 is 0 Å². The highest BCUT2D eigenvalue weighted by Crippen LogP contribution is 2.31. The summed E-state index contributed by atoms with van der Waals surface area (Å²) in [6.07, 6.45) is 7.44. The van der Waals surface area contributed by atoms with Gasteiger partial charge in [0.05, 0.1) is 17.4 Å². The van der Waals surface area contributed by atoms with Gasteiger partial charge in [0, 0.05) is 31.2 Å². The number of H-pyrrole nitrogens is 1. The molecule has 25 heavy (non-hydrogen) atoms. The van der Waals surface area contributed by atoms with Crippen molar-refractivity contribution < 1.29 is 0 Å². The summed E-state index contributed by atoms with van der Waals surface area (Å²) in [6, 6.07) is 11.3. The van der Waals surface area contributed by atoms with Gasteiger partial charge in [0.15, 0.2) is 0 Å². The van der Waals surface area contributed by atoms with Gasteiger partial charge < -0.3 is 4.98 Å². The molecule has 6 heteroatoms. The third-order valence-corrected chi connectivity index (χ3v) is 4.48. The van der Waals surface area contributed by atoms with E-state index < -0.39 is 0 Å². The van der Waals surface area contributed by atoms with Gasteiger partial charge >= 0.3 is 0 Å². The Morgan fingerprint density at radius 1 is 1.16 bits per heavy atom. The van der Waals surface area contributed by atoms with E-state index >= 15 is 0 Å². The summed E-state index contributed by atoms with van der Waals surface area (Å²) in [5.74, 6) is 0.717. The lowest BCUT2D eigenvalue weighted by atomic mass is 10.1. The van der Waals surface area contributed by atoms with Crippen molar-refractivity contribution in [2.75, 3.05) is 6.54 Å². The lowest BCUT2D eigenvalue weighted by molar-refractivity contribution is 0.239. The third-order valence-electron chi connectivity index (χ3n) is 4.48. The lowest BCUT2D eigenvalue weighted by Gasteiger charge is -2.23. The summed E-state index contributed by atoms with van der Waals surface area (Å²) < 4.78 is 0. The Hall–Kier alpha value is -2.86. The smallest absolute Gasteiger partial charge is 0.251 e. The van der Waals surface area contributed by atoms with Crippen LogP contribution < -0.4 is 5.56 Å². The highest BCUT2D eigenvalue weighted by molar-refractivity contribution is 5.52. The van der Waals surface area contributed by atoms with Crippen LogP contribution in [-0.4, -0.2) is 31.4 Å². The summed E-state index contributed by atoms with van der Waals surface area (Å²) in [5, 5.41) is 0. The number of nitrogens with one attached hydrogen (secondary N) is 1. The number of nitrogens with zero attached hydrogens (tertiary/aromatic N) is 4. The van der Waals surface area contributed by atoms with Gasteiger partial charge in [-0.3, -0.25) is 19.7 Å². The third kappa shape index (κ3) is 3.49. The van der Waals surface area contributed by atoms with E-state index in [4.69, 9.17) is 4.98 Å². The van der Waals surface area contributed by atoms with Gasteiger partial charge in [0.25, 0.3) is 5.56 Å². The normalized spacial score (nSPS) is 17.7. The monoisotopic (exact) mass is 333 g/mol. The Balaban J connectivity index is 1.64. The van der Waals surface area contributed by atoms with E-state index in [9.17, 15) is 4.79 Å². The molecule has 1 saturated heterocycles. The van der Waals surface area contributed by atoms with Crippen LogP contribution >= 0.6 is 0 Å². The molecule has 0 aromatic carbocycles. The van der Waals surface area contributed by atoms with Crippen molar-refractivity contribution in [1.29, 1.82) is 0 Å². The first kappa shape index (κ1) is 15.7. The maximum absolute atomic E-state index is 12.2. The van der Waals surface area contributed by atoms with Crippen LogP contribution in [0.25, 0.3) is 11.4 Å². The molecule has 4 heterocycles. The average Bonchev–Trinajstić information content (AvgIpc) is 3.11. The topological polar surface area (TPSA) is 74.8 Å². The lowest BCUT2D eigenvalue weighted by Crippen LogP contribution is -2.26. The molecule has 1 fully saturated rings. The maximum Gasteiger partial charge on any atom is 0.251 e. The van der Waals surface area contributed by atoms with E-state index in [2.05, 4.69) is 25.9 Å². The standard InChI is InChI=1S/C19H19N5O/c25-18-11-16(15-6-1-2-9-21-15)22-19(23-18)17-7-4-10-24(17)13-14-5-3-8-20-12-14/h1-3,5-6,8-9,11-12,17H,4,7,10,13H2,(H,22,23,25)/t17-/m1/s1. The van der Waals surface area contributed by atoms with Crippen molar-refractivity contribution in [2.45, 2.75) is 25.4 Å². The molecule has 3 aromatic rings. The number of pyridine rings is 2. The van der Waals surface area contributed by atoms with Gasteiger partial charge in [0.2, 0.25) is 0 Å². The van der Waals surface area contributed by atoms with Crippen LogP contribution in [0.3, 0.4) is 0 Å². The second-order valence-corrected chi connectivity index (χ2v) is 6.22. The highest BCUT2D eigenvalue weighted by atomic mass is 16.1. The first-order valence-electron chi connectivity index (χ1n) is 8.45. The zero-order chi connectivity index (χ0) is 17.1. The summed E-state index contributed by atoms with van der Waals surface area (Å²) in [6.45, 7) is 1.78. The Bertz CT molecular complexity index is 894. The van der Waals surface area contributed by atoms with Crippen LogP contribution in [0.2, 0.25) is 0 Å². The second-order valence-electron chi connectivity index (χ2n) is 6.22. The zero-order valence-corrected chi connectivity index (χ0v) is 13.8. The second kappa shape index (κ2) is 6.94. The highest BCUT2D eigenvalue weighted by Gasteiger charge is 2.28. The van der Waals surface area contributed by atoms with Crippen molar-refractivity contribution in [1.82, 2.24) is 24.8 Å². The Labute approximate surface area is 145 Å². The fraction of sp³-hybridized carbons (Fsp3) is 0.263. The number of hydrogen-bond donors (Lipinski definition) is 1. The fourth-order valence-electron chi connectivity index (χ4n) is 3.33. The SMILES string of the molecule is O=c1cc(-c2ccccn2)nc([C@H]2CCCN2Cc2cccnc2)[nH]1. The largest absolute Gasteiger partial charge is 0.309 e. The maximum atomic E-state index is 12.2. The Morgan fingerprint density at radius 2 is 2.12 bits per heavy atom. The molecule has 126 valence electrons. The fourth-order valence-corrected chi connectivity index (χ4v) is 3.33. The van der Waals surface area contributed by atoms with Gasteiger partial charge in [0.1, 0.15) is 5.82 Å². The molecule has 3 aromatic heterocycles. The molecule has 0 unspecified atom stereocenters. The van der Waals surface area contributed by atoms with Crippen molar-refractivity contribution in [3.05, 3.63) is 76.7 Å². The van der Waals surface area contributed by atoms with Crippen molar-refractivity contribution in [2.24, 2.45) is 0 Å². The molecule has 1 N–H and O–H groups in total. The number of aromatic nitrogens is 4. The van der Waals surface area contributed by atoms with E-state index in [-0.39, 0.29) is 11.6 Å². The first-order valence-corrected chi connectivity index (χ1v) is 8.45. The van der Waals surface area contributed by atoms with Gasteiger partial charge in [-0.15, -0.1) is 0 Å².